The average Bonchev–Trinajstić information content (AvgIpc) is 2.86. The molecular formula is C16H21BrN4. The predicted octanol–water partition coefficient (Wildman–Crippen LogP) is 4.08. The van der Waals surface area contributed by atoms with E-state index < -0.39 is 0 Å². The highest BCUT2D eigenvalue weighted by Crippen LogP contribution is 2.37. The number of alkyl halides is 1. The van der Waals surface area contributed by atoms with Gasteiger partial charge in [0.15, 0.2) is 0 Å². The number of tetrazole rings is 1. The molecule has 0 N–H and O–H groups in total. The van der Waals surface area contributed by atoms with Crippen molar-refractivity contribution in [1.82, 2.24) is 20.2 Å². The lowest BCUT2D eigenvalue weighted by Crippen LogP contribution is -2.29. The van der Waals surface area contributed by atoms with Crippen LogP contribution in [0.15, 0.2) is 30.3 Å². The zero-order chi connectivity index (χ0) is 14.5. The van der Waals surface area contributed by atoms with E-state index in [0.29, 0.717) is 5.82 Å². The van der Waals surface area contributed by atoms with E-state index >= 15 is 0 Å². The number of halogens is 1. The Morgan fingerprint density at radius 1 is 1.05 bits per heavy atom. The van der Waals surface area contributed by atoms with Crippen LogP contribution in [0.3, 0.4) is 0 Å². The van der Waals surface area contributed by atoms with Crippen molar-refractivity contribution in [2.24, 2.45) is 5.41 Å². The highest BCUT2D eigenvalue weighted by Gasteiger charge is 2.31. The Labute approximate surface area is 134 Å². The Morgan fingerprint density at radius 3 is 2.43 bits per heavy atom. The first-order chi connectivity index (χ1) is 10.3. The standard InChI is InChI=1S/C16H21BrN4/c17-12-16(10-6-1-2-7-11-16)13-21-19-15(18-20-21)14-8-4-3-5-9-14/h3-5,8-9H,1-2,6-7,10-13H2. The minimum atomic E-state index is 0.283. The van der Waals surface area contributed by atoms with Gasteiger partial charge in [0, 0.05) is 16.3 Å². The van der Waals surface area contributed by atoms with E-state index in [2.05, 4.69) is 31.3 Å². The molecule has 0 saturated heterocycles. The molecule has 0 aliphatic heterocycles. The lowest BCUT2D eigenvalue weighted by Gasteiger charge is -2.29. The number of hydrogen-bond acceptors (Lipinski definition) is 3. The first kappa shape index (κ1) is 14.7. The molecule has 1 saturated carbocycles. The van der Waals surface area contributed by atoms with Crippen molar-refractivity contribution in [2.75, 3.05) is 5.33 Å². The van der Waals surface area contributed by atoms with Crippen LogP contribution in [0.5, 0.6) is 0 Å². The summed E-state index contributed by atoms with van der Waals surface area (Å²) < 4.78 is 0. The lowest BCUT2D eigenvalue weighted by molar-refractivity contribution is 0.217. The molecule has 4 nitrogen and oxygen atoms in total. The first-order valence-electron chi connectivity index (χ1n) is 7.71. The third kappa shape index (κ3) is 3.51. The molecule has 0 amide bonds. The van der Waals surface area contributed by atoms with Gasteiger partial charge < -0.3 is 0 Å². The number of nitrogens with zero attached hydrogens (tertiary/aromatic N) is 4. The molecule has 1 aromatic heterocycles. The largest absolute Gasteiger partial charge is 0.204 e. The van der Waals surface area contributed by atoms with E-state index in [4.69, 9.17) is 0 Å². The average molecular weight is 349 g/mol. The fraction of sp³-hybridized carbons (Fsp3) is 0.562. The summed E-state index contributed by atoms with van der Waals surface area (Å²) in [4.78, 5) is 1.79. The molecule has 0 radical (unpaired) electrons. The Hall–Kier alpha value is -1.23. The lowest BCUT2D eigenvalue weighted by atomic mass is 9.82. The molecule has 0 spiro atoms. The Balaban J connectivity index is 1.76. The number of hydrogen-bond donors (Lipinski definition) is 0. The maximum atomic E-state index is 4.57. The van der Waals surface area contributed by atoms with Crippen molar-refractivity contribution in [3.63, 3.8) is 0 Å². The van der Waals surface area contributed by atoms with E-state index in [1.807, 2.05) is 30.3 Å². The van der Waals surface area contributed by atoms with Crippen LogP contribution < -0.4 is 0 Å². The van der Waals surface area contributed by atoms with Gasteiger partial charge in [-0.2, -0.15) is 4.80 Å². The van der Waals surface area contributed by atoms with Gasteiger partial charge in [-0.15, -0.1) is 10.2 Å². The normalized spacial score (nSPS) is 18.3. The highest BCUT2D eigenvalue weighted by atomic mass is 79.9. The molecule has 3 rings (SSSR count). The number of aromatic nitrogens is 4. The third-order valence-corrected chi connectivity index (χ3v) is 5.60. The highest BCUT2D eigenvalue weighted by molar-refractivity contribution is 9.09. The summed E-state index contributed by atoms with van der Waals surface area (Å²) in [6.07, 6.45) is 7.84. The Bertz CT molecular complexity index is 559. The van der Waals surface area contributed by atoms with E-state index in [1.165, 1.54) is 38.5 Å². The van der Waals surface area contributed by atoms with Crippen LogP contribution in [0.2, 0.25) is 0 Å². The van der Waals surface area contributed by atoms with Crippen molar-refractivity contribution < 1.29 is 0 Å². The summed E-state index contributed by atoms with van der Waals surface area (Å²) in [5, 5.41) is 14.1. The van der Waals surface area contributed by atoms with Crippen molar-refractivity contribution in [1.29, 1.82) is 0 Å². The molecule has 1 aromatic carbocycles. The summed E-state index contributed by atoms with van der Waals surface area (Å²) in [5.41, 5.74) is 1.31. The SMILES string of the molecule is BrCC1(Cn2nnc(-c3ccccc3)n2)CCCCCC1. The van der Waals surface area contributed by atoms with Crippen molar-refractivity contribution in [3.05, 3.63) is 30.3 Å². The van der Waals surface area contributed by atoms with Crippen LogP contribution in [0.1, 0.15) is 38.5 Å². The summed E-state index contributed by atoms with van der Waals surface area (Å²) in [5.74, 6) is 0.717. The monoisotopic (exact) mass is 348 g/mol. The quantitative estimate of drug-likeness (QED) is 0.617. The van der Waals surface area contributed by atoms with Gasteiger partial charge in [-0.05, 0) is 18.1 Å². The Morgan fingerprint density at radius 2 is 1.76 bits per heavy atom. The van der Waals surface area contributed by atoms with Gasteiger partial charge in [0.25, 0.3) is 0 Å². The minimum Gasteiger partial charge on any atom is -0.163 e. The van der Waals surface area contributed by atoms with Gasteiger partial charge in [0.1, 0.15) is 0 Å². The Kier molecular flexibility index (Phi) is 4.68. The molecule has 21 heavy (non-hydrogen) atoms. The van der Waals surface area contributed by atoms with Crippen LogP contribution >= 0.6 is 15.9 Å². The van der Waals surface area contributed by atoms with Gasteiger partial charge in [-0.3, -0.25) is 0 Å². The summed E-state index contributed by atoms with van der Waals surface area (Å²) in [6.45, 7) is 0.859. The molecule has 1 aliphatic rings. The molecule has 1 heterocycles. The molecule has 112 valence electrons. The van der Waals surface area contributed by atoms with Gasteiger partial charge >= 0.3 is 0 Å². The maximum Gasteiger partial charge on any atom is 0.204 e. The number of rotatable bonds is 4. The van der Waals surface area contributed by atoms with E-state index in [0.717, 1.165) is 17.4 Å². The summed E-state index contributed by atoms with van der Waals surface area (Å²) in [7, 11) is 0. The van der Waals surface area contributed by atoms with Crippen LogP contribution in [-0.2, 0) is 6.54 Å². The molecule has 1 fully saturated rings. The molecule has 5 heteroatoms. The van der Waals surface area contributed by atoms with Crippen LogP contribution in [0.4, 0.5) is 0 Å². The van der Waals surface area contributed by atoms with Gasteiger partial charge in [0.05, 0.1) is 6.54 Å². The number of benzene rings is 1. The van der Waals surface area contributed by atoms with Gasteiger partial charge in [-0.25, -0.2) is 0 Å². The minimum absolute atomic E-state index is 0.283. The smallest absolute Gasteiger partial charge is 0.163 e. The van der Waals surface area contributed by atoms with E-state index in [-0.39, 0.29) is 5.41 Å². The van der Waals surface area contributed by atoms with Crippen molar-refractivity contribution >= 4 is 15.9 Å². The van der Waals surface area contributed by atoms with Crippen LogP contribution in [0, 0.1) is 5.41 Å². The summed E-state index contributed by atoms with van der Waals surface area (Å²) in [6, 6.07) is 10.0. The molecule has 2 aromatic rings. The van der Waals surface area contributed by atoms with Crippen molar-refractivity contribution in [2.45, 2.75) is 45.1 Å². The second-order valence-electron chi connectivity index (χ2n) is 6.06. The molecule has 1 aliphatic carbocycles. The predicted molar refractivity (Wildman–Crippen MR) is 87.2 cm³/mol. The molecule has 0 atom stereocenters. The first-order valence-corrected chi connectivity index (χ1v) is 8.83. The molecule has 0 unspecified atom stereocenters. The fourth-order valence-electron chi connectivity index (χ4n) is 3.13. The topological polar surface area (TPSA) is 43.6 Å². The maximum absolute atomic E-state index is 4.57. The third-order valence-electron chi connectivity index (χ3n) is 4.41. The summed E-state index contributed by atoms with van der Waals surface area (Å²) >= 11 is 3.72. The van der Waals surface area contributed by atoms with Crippen LogP contribution in [-0.4, -0.2) is 25.5 Å². The van der Waals surface area contributed by atoms with E-state index in [1.54, 1.807) is 4.80 Å². The zero-order valence-corrected chi connectivity index (χ0v) is 13.8. The van der Waals surface area contributed by atoms with E-state index in [9.17, 15) is 0 Å². The molecule has 0 bridgehead atoms. The second-order valence-corrected chi connectivity index (χ2v) is 6.62. The van der Waals surface area contributed by atoms with Crippen LogP contribution in [0.25, 0.3) is 11.4 Å². The molecular weight excluding hydrogens is 328 g/mol. The fourth-order valence-corrected chi connectivity index (χ4v) is 3.86. The second kappa shape index (κ2) is 6.69. The van der Waals surface area contributed by atoms with Crippen molar-refractivity contribution in [3.8, 4) is 11.4 Å². The van der Waals surface area contributed by atoms with Gasteiger partial charge in [-0.1, -0.05) is 71.9 Å². The zero-order valence-electron chi connectivity index (χ0n) is 12.2. The van der Waals surface area contributed by atoms with Gasteiger partial charge in [0.2, 0.25) is 5.82 Å².